The lowest BCUT2D eigenvalue weighted by atomic mass is 10.2. The fraction of sp³-hybridized carbons (Fsp3) is 0.250. The van der Waals surface area contributed by atoms with E-state index < -0.39 is 15.8 Å². The monoisotopic (exact) mass is 283 g/mol. The highest BCUT2D eigenvalue weighted by Crippen LogP contribution is 2.22. The van der Waals surface area contributed by atoms with Crippen LogP contribution < -0.4 is 4.72 Å². The molecule has 2 aromatic rings. The smallest absolute Gasteiger partial charge is 0.265 e. The summed E-state index contributed by atoms with van der Waals surface area (Å²) in [6.07, 6.45) is 1.27. The zero-order valence-electron chi connectivity index (χ0n) is 10.8. The molecule has 0 saturated heterocycles. The molecule has 19 heavy (non-hydrogen) atoms. The Hall–Kier alpha value is -1.89. The number of hydrogen-bond donors (Lipinski definition) is 1. The molecule has 0 amide bonds. The van der Waals surface area contributed by atoms with Crippen LogP contribution in [0.15, 0.2) is 29.3 Å². The van der Waals surface area contributed by atoms with Gasteiger partial charge in [-0.3, -0.25) is 9.40 Å². The third-order valence-electron chi connectivity index (χ3n) is 2.92. The molecule has 0 saturated carbocycles. The fourth-order valence-corrected chi connectivity index (χ4v) is 2.97. The highest BCUT2D eigenvalue weighted by molar-refractivity contribution is 7.92. The van der Waals surface area contributed by atoms with Gasteiger partial charge in [0.1, 0.15) is 10.7 Å². The van der Waals surface area contributed by atoms with Gasteiger partial charge >= 0.3 is 0 Å². The van der Waals surface area contributed by atoms with Crippen LogP contribution in [0.25, 0.3) is 0 Å². The van der Waals surface area contributed by atoms with Crippen molar-refractivity contribution in [2.75, 3.05) is 4.72 Å². The van der Waals surface area contributed by atoms with Crippen LogP contribution >= 0.6 is 0 Å². The van der Waals surface area contributed by atoms with E-state index in [1.165, 1.54) is 23.0 Å². The van der Waals surface area contributed by atoms with Gasteiger partial charge in [0.05, 0.1) is 17.6 Å². The molecule has 0 aliphatic carbocycles. The second-order valence-corrected chi connectivity index (χ2v) is 5.93. The first-order valence-corrected chi connectivity index (χ1v) is 7.07. The number of nitrogens with zero attached hydrogens (tertiary/aromatic N) is 2. The van der Waals surface area contributed by atoms with Gasteiger partial charge in [-0.15, -0.1) is 0 Å². The average Bonchev–Trinajstić information content (AvgIpc) is 2.65. The molecule has 1 N–H and O–H groups in total. The minimum atomic E-state index is -3.76. The third-order valence-corrected chi connectivity index (χ3v) is 4.39. The van der Waals surface area contributed by atoms with Crippen LogP contribution in [0.2, 0.25) is 0 Å². The average molecular weight is 283 g/mol. The van der Waals surface area contributed by atoms with Gasteiger partial charge in [-0.25, -0.2) is 12.8 Å². The van der Waals surface area contributed by atoms with E-state index in [-0.39, 0.29) is 10.6 Å². The van der Waals surface area contributed by atoms with Gasteiger partial charge in [0.25, 0.3) is 10.0 Å². The van der Waals surface area contributed by atoms with Gasteiger partial charge in [-0.2, -0.15) is 5.10 Å². The fourth-order valence-electron chi connectivity index (χ4n) is 1.65. The van der Waals surface area contributed by atoms with Gasteiger partial charge in [-0.1, -0.05) is 6.07 Å². The molecule has 1 aromatic carbocycles. The van der Waals surface area contributed by atoms with Crippen molar-refractivity contribution in [1.29, 1.82) is 0 Å². The molecule has 0 aliphatic rings. The molecule has 0 fully saturated rings. The number of aryl methyl sites for hydroxylation is 2. The predicted molar refractivity (Wildman–Crippen MR) is 69.9 cm³/mol. The maximum absolute atomic E-state index is 13.2. The van der Waals surface area contributed by atoms with Crippen molar-refractivity contribution in [2.45, 2.75) is 18.7 Å². The summed E-state index contributed by atoms with van der Waals surface area (Å²) < 4.78 is 41.4. The molecule has 102 valence electrons. The summed E-state index contributed by atoms with van der Waals surface area (Å²) in [5.74, 6) is -0.494. The zero-order chi connectivity index (χ0) is 14.2. The summed E-state index contributed by atoms with van der Waals surface area (Å²) in [7, 11) is -2.11. The molecular formula is C12H14FN3O2S. The number of nitrogens with one attached hydrogen (secondary N) is 1. The highest BCUT2D eigenvalue weighted by Gasteiger charge is 2.20. The number of rotatable bonds is 3. The summed E-state index contributed by atoms with van der Waals surface area (Å²) in [5, 5.41) is 3.89. The molecule has 0 unspecified atom stereocenters. The minimum Gasteiger partial charge on any atom is -0.279 e. The quantitative estimate of drug-likeness (QED) is 0.936. The maximum atomic E-state index is 13.2. The summed E-state index contributed by atoms with van der Waals surface area (Å²) in [5.41, 5.74) is 1.39. The van der Waals surface area contributed by atoms with E-state index in [4.69, 9.17) is 0 Å². The van der Waals surface area contributed by atoms with Crippen molar-refractivity contribution >= 4 is 15.7 Å². The Bertz CT molecular complexity index is 723. The van der Waals surface area contributed by atoms with Gasteiger partial charge in [-0.05, 0) is 31.5 Å². The van der Waals surface area contributed by atoms with Crippen molar-refractivity contribution in [3.05, 3.63) is 41.5 Å². The number of anilines is 1. The Balaban J connectivity index is 2.42. The largest absolute Gasteiger partial charge is 0.279 e. The number of aromatic nitrogens is 2. The van der Waals surface area contributed by atoms with Crippen LogP contribution in [0.1, 0.15) is 11.3 Å². The normalized spacial score (nSPS) is 11.6. The molecule has 0 bridgehead atoms. The summed E-state index contributed by atoms with van der Waals surface area (Å²) in [6, 6.07) is 3.95. The summed E-state index contributed by atoms with van der Waals surface area (Å²) in [6.45, 7) is 3.35. The number of hydrogen-bond acceptors (Lipinski definition) is 3. The van der Waals surface area contributed by atoms with Gasteiger partial charge in [0, 0.05) is 7.05 Å². The Morgan fingerprint density at radius 2 is 2.00 bits per heavy atom. The molecule has 1 heterocycles. The van der Waals surface area contributed by atoms with Crippen LogP contribution in [0.3, 0.4) is 0 Å². The van der Waals surface area contributed by atoms with E-state index >= 15 is 0 Å². The van der Waals surface area contributed by atoms with Crippen molar-refractivity contribution in [3.63, 3.8) is 0 Å². The first-order valence-electron chi connectivity index (χ1n) is 5.59. The third kappa shape index (κ3) is 2.60. The number of sulfonamides is 1. The number of benzene rings is 1. The van der Waals surface area contributed by atoms with E-state index in [0.717, 1.165) is 6.07 Å². The first kappa shape index (κ1) is 13.5. The standard InChI is InChI=1S/C12H14FN3O2S/c1-8-4-5-10(13)6-11(8)15-19(17,18)12-7-14-16(3)9(12)2/h4-7,15H,1-3H3. The molecule has 5 nitrogen and oxygen atoms in total. The summed E-state index contributed by atoms with van der Waals surface area (Å²) in [4.78, 5) is 0.0821. The Kier molecular flexibility index (Phi) is 3.32. The molecule has 0 radical (unpaired) electrons. The lowest BCUT2D eigenvalue weighted by molar-refractivity contribution is 0.600. The molecular weight excluding hydrogens is 269 g/mol. The van der Waals surface area contributed by atoms with Crippen molar-refractivity contribution < 1.29 is 12.8 Å². The molecule has 7 heteroatoms. The van der Waals surface area contributed by atoms with Crippen LogP contribution in [-0.2, 0) is 17.1 Å². The predicted octanol–water partition coefficient (Wildman–Crippen LogP) is 1.98. The van der Waals surface area contributed by atoms with Crippen LogP contribution in [0, 0.1) is 19.7 Å². The van der Waals surface area contributed by atoms with Crippen molar-refractivity contribution in [1.82, 2.24) is 9.78 Å². The van der Waals surface area contributed by atoms with Crippen molar-refractivity contribution in [2.24, 2.45) is 7.05 Å². The SMILES string of the molecule is Cc1ccc(F)cc1NS(=O)(=O)c1cnn(C)c1C. The molecule has 1 aromatic heterocycles. The van der Waals surface area contributed by atoms with E-state index in [0.29, 0.717) is 11.3 Å². The summed E-state index contributed by atoms with van der Waals surface area (Å²) >= 11 is 0. The molecule has 2 rings (SSSR count). The molecule has 0 atom stereocenters. The van der Waals surface area contributed by atoms with Crippen LogP contribution in [-0.4, -0.2) is 18.2 Å². The minimum absolute atomic E-state index is 0.0821. The lowest BCUT2D eigenvalue weighted by Crippen LogP contribution is -2.14. The van der Waals surface area contributed by atoms with E-state index in [1.54, 1.807) is 20.9 Å². The second-order valence-electron chi connectivity index (χ2n) is 4.28. The first-order chi connectivity index (χ1) is 8.81. The maximum Gasteiger partial charge on any atom is 0.265 e. The van der Waals surface area contributed by atoms with E-state index in [9.17, 15) is 12.8 Å². The zero-order valence-corrected chi connectivity index (χ0v) is 11.6. The Morgan fingerprint density at radius 1 is 1.32 bits per heavy atom. The van der Waals surface area contributed by atoms with E-state index in [2.05, 4.69) is 9.82 Å². The topological polar surface area (TPSA) is 64.0 Å². The van der Waals surface area contributed by atoms with Crippen molar-refractivity contribution in [3.8, 4) is 0 Å². The van der Waals surface area contributed by atoms with E-state index in [1.807, 2.05) is 0 Å². The Labute approximate surface area is 111 Å². The van der Waals surface area contributed by atoms with Gasteiger partial charge < -0.3 is 0 Å². The molecule has 0 spiro atoms. The van der Waals surface area contributed by atoms with Gasteiger partial charge in [0.2, 0.25) is 0 Å². The second kappa shape index (κ2) is 4.65. The molecule has 0 aliphatic heterocycles. The van der Waals surface area contributed by atoms with Crippen LogP contribution in [0.4, 0.5) is 10.1 Å². The Morgan fingerprint density at radius 3 is 2.58 bits per heavy atom. The lowest BCUT2D eigenvalue weighted by Gasteiger charge is -2.10. The highest BCUT2D eigenvalue weighted by atomic mass is 32.2. The van der Waals surface area contributed by atoms with Gasteiger partial charge in [0.15, 0.2) is 0 Å². The van der Waals surface area contributed by atoms with Crippen LogP contribution in [0.5, 0.6) is 0 Å². The number of halogens is 1.